The fourth-order valence-electron chi connectivity index (χ4n) is 3.55. The van der Waals surface area contributed by atoms with Gasteiger partial charge in [-0.1, -0.05) is 0 Å². The van der Waals surface area contributed by atoms with Crippen LogP contribution in [0.5, 0.6) is 11.5 Å². The first-order valence-electron chi connectivity index (χ1n) is 9.05. The smallest absolute Gasteiger partial charge is 0.119 e. The van der Waals surface area contributed by atoms with Crippen LogP contribution in [0.4, 0.5) is 0 Å². The first kappa shape index (κ1) is 16.6. The summed E-state index contributed by atoms with van der Waals surface area (Å²) in [6, 6.07) is 7.89. The van der Waals surface area contributed by atoms with Crippen LogP contribution in [0, 0.1) is 5.92 Å². The third kappa shape index (κ3) is 5.11. The molecule has 0 aliphatic carbocycles. The highest BCUT2D eigenvalue weighted by Crippen LogP contribution is 2.21. The fourth-order valence-corrected chi connectivity index (χ4v) is 3.55. The predicted octanol–water partition coefficient (Wildman–Crippen LogP) is 2.88. The van der Waals surface area contributed by atoms with E-state index < -0.39 is 0 Å². The van der Waals surface area contributed by atoms with Gasteiger partial charge in [0, 0.05) is 13.1 Å². The van der Waals surface area contributed by atoms with Crippen molar-refractivity contribution in [2.24, 2.45) is 5.92 Å². The summed E-state index contributed by atoms with van der Waals surface area (Å²) in [4.78, 5) is 5.24. The molecule has 0 aromatic heterocycles. The number of hydrogen-bond acceptors (Lipinski definition) is 4. The molecule has 2 saturated heterocycles. The predicted molar refractivity (Wildman–Crippen MR) is 93.3 cm³/mol. The van der Waals surface area contributed by atoms with E-state index in [1.807, 2.05) is 24.3 Å². The van der Waals surface area contributed by atoms with Crippen LogP contribution in [0.15, 0.2) is 24.3 Å². The second-order valence-electron chi connectivity index (χ2n) is 6.82. The second kappa shape index (κ2) is 8.55. The van der Waals surface area contributed by atoms with Crippen molar-refractivity contribution in [1.82, 2.24) is 9.80 Å². The lowest BCUT2D eigenvalue weighted by molar-refractivity contribution is 0.131. The number of rotatable bonds is 7. The summed E-state index contributed by atoms with van der Waals surface area (Å²) in [6.07, 6.45) is 5.31. The number of likely N-dealkylation sites (tertiary alicyclic amines) is 2. The maximum Gasteiger partial charge on any atom is 0.119 e. The molecule has 23 heavy (non-hydrogen) atoms. The molecule has 0 spiro atoms. The molecular weight excluding hydrogens is 288 g/mol. The fraction of sp³-hybridized carbons (Fsp3) is 0.684. The lowest BCUT2D eigenvalue weighted by atomic mass is 9.98. The summed E-state index contributed by atoms with van der Waals surface area (Å²) < 4.78 is 11.1. The summed E-state index contributed by atoms with van der Waals surface area (Å²) in [7, 11) is 1.69. The van der Waals surface area contributed by atoms with Crippen molar-refractivity contribution < 1.29 is 9.47 Å². The molecule has 0 bridgehead atoms. The van der Waals surface area contributed by atoms with E-state index in [1.165, 1.54) is 65.0 Å². The van der Waals surface area contributed by atoms with Gasteiger partial charge in [0.15, 0.2) is 0 Å². The largest absolute Gasteiger partial charge is 0.497 e. The first-order chi connectivity index (χ1) is 11.3. The molecular formula is C19H30N2O2. The molecule has 1 aromatic rings. The normalized spacial score (nSPS) is 20.7. The lowest BCUT2D eigenvalue weighted by Gasteiger charge is -2.32. The first-order valence-corrected chi connectivity index (χ1v) is 9.05. The van der Waals surface area contributed by atoms with Crippen molar-refractivity contribution >= 4 is 0 Å². The Morgan fingerprint density at radius 3 is 2.04 bits per heavy atom. The average molecular weight is 318 g/mol. The zero-order valence-electron chi connectivity index (χ0n) is 14.4. The number of piperidine rings is 1. The molecule has 2 heterocycles. The Labute approximate surface area is 140 Å². The Balaban J connectivity index is 1.32. The number of ether oxygens (including phenoxy) is 2. The highest BCUT2D eigenvalue weighted by atomic mass is 16.5. The van der Waals surface area contributed by atoms with E-state index >= 15 is 0 Å². The van der Waals surface area contributed by atoms with Crippen molar-refractivity contribution in [1.29, 1.82) is 0 Å². The highest BCUT2D eigenvalue weighted by molar-refractivity contribution is 5.31. The molecule has 0 atom stereocenters. The zero-order valence-corrected chi connectivity index (χ0v) is 14.4. The summed E-state index contributed by atoms with van der Waals surface area (Å²) in [5.41, 5.74) is 0. The standard InChI is InChI=1S/C19H30N2O2/c1-22-18-4-6-19(7-5-18)23-16-17-8-12-21(13-9-17)15-14-20-10-2-3-11-20/h4-7,17H,2-3,8-16H2,1H3. The van der Waals surface area contributed by atoms with Crippen LogP contribution in [0.1, 0.15) is 25.7 Å². The van der Waals surface area contributed by atoms with Gasteiger partial charge in [0.25, 0.3) is 0 Å². The van der Waals surface area contributed by atoms with Gasteiger partial charge in [-0.3, -0.25) is 0 Å². The van der Waals surface area contributed by atoms with Gasteiger partial charge in [0.05, 0.1) is 13.7 Å². The monoisotopic (exact) mass is 318 g/mol. The van der Waals surface area contributed by atoms with E-state index in [0.29, 0.717) is 5.92 Å². The molecule has 4 heteroatoms. The highest BCUT2D eigenvalue weighted by Gasteiger charge is 2.20. The summed E-state index contributed by atoms with van der Waals surface area (Å²) in [6.45, 7) is 8.42. The van der Waals surface area contributed by atoms with Crippen LogP contribution in [0.2, 0.25) is 0 Å². The van der Waals surface area contributed by atoms with E-state index in [-0.39, 0.29) is 0 Å². The van der Waals surface area contributed by atoms with Crippen LogP contribution < -0.4 is 9.47 Å². The number of methoxy groups -OCH3 is 1. The molecule has 128 valence electrons. The van der Waals surface area contributed by atoms with E-state index in [1.54, 1.807) is 7.11 Å². The van der Waals surface area contributed by atoms with Gasteiger partial charge < -0.3 is 19.3 Å². The van der Waals surface area contributed by atoms with Gasteiger partial charge in [-0.05, 0) is 82.0 Å². The van der Waals surface area contributed by atoms with Gasteiger partial charge in [-0.2, -0.15) is 0 Å². The molecule has 2 aliphatic rings. The Morgan fingerprint density at radius 1 is 0.870 bits per heavy atom. The van der Waals surface area contributed by atoms with E-state index in [4.69, 9.17) is 9.47 Å². The number of nitrogens with zero attached hydrogens (tertiary/aromatic N) is 2. The van der Waals surface area contributed by atoms with Gasteiger partial charge in [0.2, 0.25) is 0 Å². The molecule has 0 amide bonds. The molecule has 1 aromatic carbocycles. The summed E-state index contributed by atoms with van der Waals surface area (Å²) in [5, 5.41) is 0. The third-order valence-corrected chi connectivity index (χ3v) is 5.18. The van der Waals surface area contributed by atoms with Crippen molar-refractivity contribution in [3.63, 3.8) is 0 Å². The van der Waals surface area contributed by atoms with E-state index in [2.05, 4.69) is 9.80 Å². The topological polar surface area (TPSA) is 24.9 Å². The molecule has 0 radical (unpaired) electrons. The quantitative estimate of drug-likeness (QED) is 0.772. The minimum Gasteiger partial charge on any atom is -0.497 e. The van der Waals surface area contributed by atoms with Crippen LogP contribution in [-0.2, 0) is 0 Å². The Hall–Kier alpha value is -1.26. The Kier molecular flexibility index (Phi) is 6.17. The van der Waals surface area contributed by atoms with Gasteiger partial charge in [-0.25, -0.2) is 0 Å². The number of hydrogen-bond donors (Lipinski definition) is 0. The van der Waals surface area contributed by atoms with Crippen LogP contribution in [0.25, 0.3) is 0 Å². The summed E-state index contributed by atoms with van der Waals surface area (Å²) in [5.74, 6) is 2.52. The minimum absolute atomic E-state index is 0.695. The van der Waals surface area contributed by atoms with Gasteiger partial charge >= 0.3 is 0 Å². The molecule has 0 unspecified atom stereocenters. The van der Waals surface area contributed by atoms with Crippen LogP contribution in [0.3, 0.4) is 0 Å². The van der Waals surface area contributed by atoms with Crippen molar-refractivity contribution in [3.8, 4) is 11.5 Å². The van der Waals surface area contributed by atoms with E-state index in [9.17, 15) is 0 Å². The molecule has 2 aliphatic heterocycles. The SMILES string of the molecule is COc1ccc(OCC2CCN(CCN3CCCC3)CC2)cc1. The number of benzene rings is 1. The molecule has 2 fully saturated rings. The second-order valence-corrected chi connectivity index (χ2v) is 6.82. The Morgan fingerprint density at radius 2 is 1.43 bits per heavy atom. The zero-order chi connectivity index (χ0) is 15.9. The molecule has 0 saturated carbocycles. The van der Waals surface area contributed by atoms with Gasteiger partial charge in [-0.15, -0.1) is 0 Å². The summed E-state index contributed by atoms with van der Waals surface area (Å²) >= 11 is 0. The maximum atomic E-state index is 5.94. The van der Waals surface area contributed by atoms with Crippen molar-refractivity contribution in [2.75, 3.05) is 53.0 Å². The average Bonchev–Trinajstić information content (AvgIpc) is 3.13. The molecule has 0 N–H and O–H groups in total. The van der Waals surface area contributed by atoms with Crippen molar-refractivity contribution in [2.45, 2.75) is 25.7 Å². The van der Waals surface area contributed by atoms with Crippen molar-refractivity contribution in [3.05, 3.63) is 24.3 Å². The molecule has 3 rings (SSSR count). The van der Waals surface area contributed by atoms with E-state index in [0.717, 1.165) is 18.1 Å². The third-order valence-electron chi connectivity index (χ3n) is 5.18. The molecule has 4 nitrogen and oxygen atoms in total. The van der Waals surface area contributed by atoms with Crippen LogP contribution >= 0.6 is 0 Å². The van der Waals surface area contributed by atoms with Crippen LogP contribution in [-0.4, -0.2) is 62.8 Å². The maximum absolute atomic E-state index is 5.94. The van der Waals surface area contributed by atoms with Gasteiger partial charge in [0.1, 0.15) is 11.5 Å². The minimum atomic E-state index is 0.695. The Bertz CT molecular complexity index is 449. The lowest BCUT2D eigenvalue weighted by Crippen LogP contribution is -2.40.